The van der Waals surface area contributed by atoms with Crippen molar-refractivity contribution in [3.63, 3.8) is 0 Å². The molecule has 1 aromatic carbocycles. The Balaban J connectivity index is 1.47. The Morgan fingerprint density at radius 1 is 1.14 bits per heavy atom. The first-order valence-electron chi connectivity index (χ1n) is 10.6. The van der Waals surface area contributed by atoms with Crippen LogP contribution in [0.25, 0.3) is 0 Å². The molecule has 1 N–H and O–H groups in total. The summed E-state index contributed by atoms with van der Waals surface area (Å²) in [5.41, 5.74) is 0. The minimum atomic E-state index is -3.71. The summed E-state index contributed by atoms with van der Waals surface area (Å²) >= 11 is 0. The van der Waals surface area contributed by atoms with Gasteiger partial charge in [0, 0.05) is 26.2 Å². The van der Waals surface area contributed by atoms with E-state index in [1.165, 1.54) is 29.3 Å². The summed E-state index contributed by atoms with van der Waals surface area (Å²) in [6.07, 6.45) is 4.78. The zero-order chi connectivity index (χ0) is 20.9. The number of hydrogen-bond acceptors (Lipinski definition) is 4. The largest absolute Gasteiger partial charge is 0.356 e. The number of nitrogens with one attached hydrogen (secondary N) is 1. The van der Waals surface area contributed by atoms with Crippen molar-refractivity contribution in [1.29, 1.82) is 0 Å². The van der Waals surface area contributed by atoms with Gasteiger partial charge in [-0.1, -0.05) is 6.92 Å². The molecule has 2 heterocycles. The Bertz CT molecular complexity index is 785. The SMILES string of the molecule is C[C@@H]1CCCN(CCCNC(=O)[C@H]2CCCN(S(=O)(=O)c3ccc(F)cc3)C2)C1. The van der Waals surface area contributed by atoms with E-state index in [0.29, 0.717) is 25.9 Å². The van der Waals surface area contributed by atoms with E-state index in [1.54, 1.807) is 0 Å². The molecule has 29 heavy (non-hydrogen) atoms. The van der Waals surface area contributed by atoms with Crippen molar-refractivity contribution in [3.8, 4) is 0 Å². The predicted octanol–water partition coefficient (Wildman–Crippen LogP) is 2.46. The van der Waals surface area contributed by atoms with Crippen LogP contribution >= 0.6 is 0 Å². The van der Waals surface area contributed by atoms with Crippen molar-refractivity contribution < 1.29 is 17.6 Å². The molecule has 2 saturated heterocycles. The zero-order valence-corrected chi connectivity index (χ0v) is 18.0. The molecule has 2 atom stereocenters. The van der Waals surface area contributed by atoms with Gasteiger partial charge in [-0.15, -0.1) is 0 Å². The van der Waals surface area contributed by atoms with Crippen molar-refractivity contribution in [1.82, 2.24) is 14.5 Å². The molecule has 0 saturated carbocycles. The van der Waals surface area contributed by atoms with Gasteiger partial charge in [0.1, 0.15) is 5.82 Å². The molecule has 2 aliphatic rings. The number of carbonyl (C=O) groups is 1. The van der Waals surface area contributed by atoms with Crippen molar-refractivity contribution in [3.05, 3.63) is 30.1 Å². The molecule has 0 aromatic heterocycles. The maximum Gasteiger partial charge on any atom is 0.243 e. The number of benzene rings is 1. The maximum atomic E-state index is 13.1. The number of sulfonamides is 1. The first kappa shape index (κ1) is 22.2. The normalized spacial score (nSPS) is 24.3. The molecule has 8 heteroatoms. The van der Waals surface area contributed by atoms with Gasteiger partial charge in [0.2, 0.25) is 15.9 Å². The summed E-state index contributed by atoms with van der Waals surface area (Å²) in [4.78, 5) is 15.1. The fourth-order valence-electron chi connectivity index (χ4n) is 4.28. The average Bonchev–Trinajstić information content (AvgIpc) is 2.71. The third-order valence-electron chi connectivity index (χ3n) is 5.90. The lowest BCUT2D eigenvalue weighted by Crippen LogP contribution is -2.45. The second-order valence-electron chi connectivity index (χ2n) is 8.35. The van der Waals surface area contributed by atoms with E-state index >= 15 is 0 Å². The summed E-state index contributed by atoms with van der Waals surface area (Å²) < 4.78 is 40.0. The van der Waals surface area contributed by atoms with Crippen LogP contribution in [0.5, 0.6) is 0 Å². The Morgan fingerprint density at radius 2 is 1.86 bits per heavy atom. The van der Waals surface area contributed by atoms with Crippen LogP contribution in [0.3, 0.4) is 0 Å². The lowest BCUT2D eigenvalue weighted by molar-refractivity contribution is -0.126. The van der Waals surface area contributed by atoms with E-state index in [4.69, 9.17) is 0 Å². The molecule has 3 rings (SSSR count). The molecule has 0 radical (unpaired) electrons. The molecule has 2 fully saturated rings. The van der Waals surface area contributed by atoms with Crippen LogP contribution in [0.4, 0.5) is 4.39 Å². The first-order valence-corrected chi connectivity index (χ1v) is 12.1. The number of hydrogen-bond donors (Lipinski definition) is 1. The molecule has 162 valence electrons. The number of carbonyl (C=O) groups excluding carboxylic acids is 1. The van der Waals surface area contributed by atoms with Crippen molar-refractivity contribution in [2.75, 3.05) is 39.3 Å². The summed E-state index contributed by atoms with van der Waals surface area (Å²) in [6.45, 7) is 6.71. The van der Waals surface area contributed by atoms with Crippen LogP contribution in [0.2, 0.25) is 0 Å². The van der Waals surface area contributed by atoms with E-state index < -0.39 is 15.8 Å². The first-order chi connectivity index (χ1) is 13.9. The smallest absolute Gasteiger partial charge is 0.243 e. The maximum absolute atomic E-state index is 13.1. The average molecular weight is 426 g/mol. The molecule has 1 aromatic rings. The Hall–Kier alpha value is -1.51. The molecule has 0 bridgehead atoms. The third kappa shape index (κ3) is 5.99. The lowest BCUT2D eigenvalue weighted by atomic mass is 9.99. The van der Waals surface area contributed by atoms with Gasteiger partial charge in [0.25, 0.3) is 0 Å². The molecule has 0 spiro atoms. The Morgan fingerprint density at radius 3 is 2.59 bits per heavy atom. The van der Waals surface area contributed by atoms with Gasteiger partial charge < -0.3 is 10.2 Å². The van der Waals surface area contributed by atoms with Gasteiger partial charge in [0.05, 0.1) is 10.8 Å². The van der Waals surface area contributed by atoms with Gasteiger partial charge in [0.15, 0.2) is 0 Å². The number of likely N-dealkylation sites (tertiary alicyclic amines) is 1. The summed E-state index contributed by atoms with van der Waals surface area (Å²) in [6, 6.07) is 4.83. The third-order valence-corrected chi connectivity index (χ3v) is 7.78. The molecular weight excluding hydrogens is 393 g/mol. The molecule has 1 amide bonds. The fraction of sp³-hybridized carbons (Fsp3) is 0.667. The second kappa shape index (κ2) is 10.00. The van der Waals surface area contributed by atoms with E-state index in [2.05, 4.69) is 17.1 Å². The highest BCUT2D eigenvalue weighted by molar-refractivity contribution is 7.89. The van der Waals surface area contributed by atoms with Gasteiger partial charge >= 0.3 is 0 Å². The Labute approximate surface area is 173 Å². The van der Waals surface area contributed by atoms with Crippen LogP contribution in [-0.2, 0) is 14.8 Å². The zero-order valence-electron chi connectivity index (χ0n) is 17.1. The van der Waals surface area contributed by atoms with E-state index in [1.807, 2.05) is 0 Å². The van der Waals surface area contributed by atoms with Gasteiger partial charge in [-0.2, -0.15) is 4.31 Å². The predicted molar refractivity (Wildman–Crippen MR) is 110 cm³/mol. The molecule has 0 aliphatic carbocycles. The number of amides is 1. The standard InChI is InChI=1S/C21H32FN3O3S/c1-17-5-2-12-24(15-17)13-4-11-23-21(26)18-6-3-14-25(16-18)29(27,28)20-9-7-19(22)8-10-20/h7-10,17-18H,2-6,11-16H2,1H3,(H,23,26)/t17-,18+/m1/s1. The quantitative estimate of drug-likeness (QED) is 0.682. The highest BCUT2D eigenvalue weighted by Gasteiger charge is 2.33. The van der Waals surface area contributed by atoms with E-state index in [0.717, 1.165) is 44.1 Å². The van der Waals surface area contributed by atoms with Gasteiger partial charge in [-0.25, -0.2) is 12.8 Å². The van der Waals surface area contributed by atoms with Crippen LogP contribution in [0, 0.1) is 17.7 Å². The highest BCUT2D eigenvalue weighted by Crippen LogP contribution is 2.24. The van der Waals surface area contributed by atoms with Gasteiger partial charge in [-0.05, 0) is 75.4 Å². The molecule has 0 unspecified atom stereocenters. The molecule has 6 nitrogen and oxygen atoms in total. The molecular formula is C21H32FN3O3S. The van der Waals surface area contributed by atoms with Crippen LogP contribution in [-0.4, -0.2) is 62.8 Å². The number of piperidine rings is 2. The minimum absolute atomic E-state index is 0.0655. The number of halogens is 1. The van der Waals surface area contributed by atoms with E-state index in [9.17, 15) is 17.6 Å². The second-order valence-corrected chi connectivity index (χ2v) is 10.3. The summed E-state index contributed by atoms with van der Waals surface area (Å²) in [5.74, 6) is -0.140. The molecule has 2 aliphatic heterocycles. The highest BCUT2D eigenvalue weighted by atomic mass is 32.2. The minimum Gasteiger partial charge on any atom is -0.356 e. The number of nitrogens with zero attached hydrogens (tertiary/aromatic N) is 2. The Kier molecular flexibility index (Phi) is 7.65. The monoisotopic (exact) mass is 425 g/mol. The van der Waals surface area contributed by atoms with Crippen molar-refractivity contribution in [2.45, 2.75) is 43.9 Å². The number of rotatable bonds is 7. The summed E-state index contributed by atoms with van der Waals surface area (Å²) in [5, 5.41) is 2.99. The summed E-state index contributed by atoms with van der Waals surface area (Å²) in [7, 11) is -3.71. The van der Waals surface area contributed by atoms with Crippen LogP contribution in [0.1, 0.15) is 39.0 Å². The van der Waals surface area contributed by atoms with Gasteiger partial charge in [-0.3, -0.25) is 4.79 Å². The lowest BCUT2D eigenvalue weighted by Gasteiger charge is -2.32. The topological polar surface area (TPSA) is 69.7 Å². The van der Waals surface area contributed by atoms with Crippen LogP contribution < -0.4 is 5.32 Å². The van der Waals surface area contributed by atoms with Crippen LogP contribution in [0.15, 0.2) is 29.2 Å². The van der Waals surface area contributed by atoms with Crippen molar-refractivity contribution >= 4 is 15.9 Å². The van der Waals surface area contributed by atoms with E-state index in [-0.39, 0.29) is 23.3 Å². The fourth-order valence-corrected chi connectivity index (χ4v) is 5.80. The van der Waals surface area contributed by atoms with Crippen molar-refractivity contribution in [2.24, 2.45) is 11.8 Å².